The Morgan fingerprint density at radius 2 is 1.88 bits per heavy atom. The molecule has 0 aliphatic carbocycles. The monoisotopic (exact) mass is 336 g/mol. The third-order valence-electron chi connectivity index (χ3n) is 4.66. The summed E-state index contributed by atoms with van der Waals surface area (Å²) in [5, 5.41) is 8.08. The van der Waals surface area contributed by atoms with Crippen LogP contribution in [-0.4, -0.2) is 14.8 Å². The topological polar surface area (TPSA) is 59.8 Å². The van der Waals surface area contributed by atoms with Crippen LogP contribution in [0.25, 0.3) is 22.6 Å². The van der Waals surface area contributed by atoms with Crippen LogP contribution in [0.1, 0.15) is 20.3 Å². The Balaban J connectivity index is 1.99. The van der Waals surface area contributed by atoms with Crippen LogP contribution in [-0.2, 0) is 5.66 Å². The molecule has 4 rings (SSSR count). The fraction of sp³-hybridized carbons (Fsp3) is 0.211. The van der Waals surface area contributed by atoms with E-state index in [-0.39, 0.29) is 11.5 Å². The van der Waals surface area contributed by atoms with Crippen molar-refractivity contribution in [2.45, 2.75) is 25.9 Å². The van der Waals surface area contributed by atoms with Gasteiger partial charge in [-0.1, -0.05) is 19.1 Å². The predicted octanol–water partition coefficient (Wildman–Crippen LogP) is 3.62. The zero-order valence-corrected chi connectivity index (χ0v) is 14.0. The third kappa shape index (κ3) is 2.41. The largest absolute Gasteiger partial charge is 0.361 e. The quantitative estimate of drug-likeness (QED) is 0.776. The smallest absolute Gasteiger partial charge is 0.300 e. The summed E-state index contributed by atoms with van der Waals surface area (Å²) >= 11 is 0. The number of nitrogens with one attached hydrogen (secondary N) is 1. The average Bonchev–Trinajstić information content (AvgIpc) is 2.62. The number of hydrogen-bond donors (Lipinski definition) is 1. The second kappa shape index (κ2) is 5.51. The summed E-state index contributed by atoms with van der Waals surface area (Å²) in [6.45, 7) is 4.06. The van der Waals surface area contributed by atoms with Crippen LogP contribution in [0.2, 0.25) is 0 Å². The van der Waals surface area contributed by atoms with Crippen molar-refractivity contribution in [3.63, 3.8) is 0 Å². The second-order valence-electron chi connectivity index (χ2n) is 6.31. The van der Waals surface area contributed by atoms with Gasteiger partial charge in [-0.2, -0.15) is 10.1 Å². The first-order valence-electron chi connectivity index (χ1n) is 8.17. The highest BCUT2D eigenvalue weighted by Crippen LogP contribution is 2.37. The number of fused-ring (bicyclic) bond motifs is 3. The summed E-state index contributed by atoms with van der Waals surface area (Å²) in [4.78, 5) is 16.9. The Labute approximate surface area is 144 Å². The summed E-state index contributed by atoms with van der Waals surface area (Å²) in [6.07, 6.45) is 0.745. The van der Waals surface area contributed by atoms with E-state index >= 15 is 0 Å². The van der Waals surface area contributed by atoms with E-state index < -0.39 is 11.2 Å². The molecule has 1 aliphatic rings. The van der Waals surface area contributed by atoms with Gasteiger partial charge in [0.2, 0.25) is 0 Å². The highest BCUT2D eigenvalue weighted by molar-refractivity contribution is 5.76. The number of aromatic nitrogens is 3. The van der Waals surface area contributed by atoms with Gasteiger partial charge in [-0.25, -0.2) is 9.07 Å². The van der Waals surface area contributed by atoms with Gasteiger partial charge in [0.25, 0.3) is 5.56 Å². The van der Waals surface area contributed by atoms with Crippen molar-refractivity contribution in [1.82, 2.24) is 14.8 Å². The van der Waals surface area contributed by atoms with E-state index in [1.54, 1.807) is 16.8 Å². The van der Waals surface area contributed by atoms with Gasteiger partial charge in [-0.05, 0) is 49.7 Å². The molecule has 0 radical (unpaired) electrons. The number of halogens is 1. The molecule has 1 aliphatic heterocycles. The van der Waals surface area contributed by atoms with Crippen LogP contribution in [0.3, 0.4) is 0 Å². The highest BCUT2D eigenvalue weighted by atomic mass is 19.1. The van der Waals surface area contributed by atoms with Gasteiger partial charge in [-0.3, -0.25) is 4.79 Å². The molecule has 126 valence electrons. The molecule has 5 nitrogen and oxygen atoms in total. The van der Waals surface area contributed by atoms with Gasteiger partial charge in [0.15, 0.2) is 11.5 Å². The number of nitrogens with zero attached hydrogens (tertiary/aromatic N) is 3. The first kappa shape index (κ1) is 15.5. The van der Waals surface area contributed by atoms with E-state index in [0.29, 0.717) is 11.4 Å². The summed E-state index contributed by atoms with van der Waals surface area (Å²) in [5.74, 6) is 0.179. The molecule has 0 bridgehead atoms. The lowest BCUT2D eigenvalue weighted by Crippen LogP contribution is -2.44. The summed E-state index contributed by atoms with van der Waals surface area (Å²) in [6, 6.07) is 13.4. The molecule has 6 heteroatoms. The zero-order valence-electron chi connectivity index (χ0n) is 14.0. The lowest BCUT2D eigenvalue weighted by molar-refractivity contribution is 0.312. The van der Waals surface area contributed by atoms with E-state index in [4.69, 9.17) is 0 Å². The summed E-state index contributed by atoms with van der Waals surface area (Å²) in [7, 11) is 0. The fourth-order valence-electron chi connectivity index (χ4n) is 3.06. The minimum atomic E-state index is -0.515. The SMILES string of the molecule is CCC1(C)Nc2ccccc2-c2nc(=O)c(-c3ccc(F)cc3)nn21. The molecule has 3 aromatic rings. The molecule has 0 fully saturated rings. The number of benzene rings is 2. The van der Waals surface area contributed by atoms with E-state index in [1.165, 1.54) is 12.1 Å². The van der Waals surface area contributed by atoms with E-state index in [9.17, 15) is 9.18 Å². The van der Waals surface area contributed by atoms with Crippen LogP contribution in [0.5, 0.6) is 0 Å². The molecule has 0 amide bonds. The van der Waals surface area contributed by atoms with Crippen molar-refractivity contribution in [3.05, 3.63) is 64.7 Å². The highest BCUT2D eigenvalue weighted by Gasteiger charge is 2.34. The maximum atomic E-state index is 13.2. The van der Waals surface area contributed by atoms with E-state index in [0.717, 1.165) is 17.7 Å². The molecular weight excluding hydrogens is 319 g/mol. The zero-order chi connectivity index (χ0) is 17.6. The first-order valence-corrected chi connectivity index (χ1v) is 8.17. The molecular formula is C19H17FN4O. The lowest BCUT2D eigenvalue weighted by Gasteiger charge is -2.38. The Hall–Kier alpha value is -3.02. The number of hydrogen-bond acceptors (Lipinski definition) is 4. The van der Waals surface area contributed by atoms with Crippen molar-refractivity contribution in [2.24, 2.45) is 0 Å². The molecule has 25 heavy (non-hydrogen) atoms. The van der Waals surface area contributed by atoms with Crippen molar-refractivity contribution < 1.29 is 4.39 Å². The normalized spacial score (nSPS) is 18.2. The number of rotatable bonds is 2. The van der Waals surface area contributed by atoms with Crippen molar-refractivity contribution in [1.29, 1.82) is 0 Å². The van der Waals surface area contributed by atoms with Gasteiger partial charge < -0.3 is 5.32 Å². The van der Waals surface area contributed by atoms with Crippen molar-refractivity contribution >= 4 is 5.69 Å². The Morgan fingerprint density at radius 1 is 1.16 bits per heavy atom. The van der Waals surface area contributed by atoms with Crippen molar-refractivity contribution in [3.8, 4) is 22.6 Å². The summed E-state index contributed by atoms with van der Waals surface area (Å²) in [5.41, 5.74) is 1.59. The maximum absolute atomic E-state index is 13.2. The summed E-state index contributed by atoms with van der Waals surface area (Å²) < 4.78 is 14.9. The Bertz CT molecular complexity index is 1010. The van der Waals surface area contributed by atoms with Crippen LogP contribution in [0.4, 0.5) is 10.1 Å². The Morgan fingerprint density at radius 3 is 2.60 bits per heavy atom. The molecule has 1 N–H and O–H groups in total. The average molecular weight is 336 g/mol. The first-order chi connectivity index (χ1) is 12.0. The van der Waals surface area contributed by atoms with Crippen LogP contribution in [0, 0.1) is 5.82 Å². The third-order valence-corrected chi connectivity index (χ3v) is 4.66. The Kier molecular flexibility index (Phi) is 3.42. The molecule has 1 atom stereocenters. The van der Waals surface area contributed by atoms with Crippen LogP contribution >= 0.6 is 0 Å². The molecule has 1 unspecified atom stereocenters. The van der Waals surface area contributed by atoms with Crippen LogP contribution in [0.15, 0.2) is 53.3 Å². The predicted molar refractivity (Wildman–Crippen MR) is 94.7 cm³/mol. The van der Waals surface area contributed by atoms with Gasteiger partial charge in [0.1, 0.15) is 11.5 Å². The second-order valence-corrected chi connectivity index (χ2v) is 6.31. The van der Waals surface area contributed by atoms with E-state index in [2.05, 4.69) is 15.4 Å². The lowest BCUT2D eigenvalue weighted by atomic mass is 10.0. The number of anilines is 1. The standard InChI is InChI=1S/C19H17FN4O/c1-3-19(2)22-15-7-5-4-6-14(15)17-21-18(25)16(23-24(17)19)12-8-10-13(20)11-9-12/h4-11,22H,3H2,1-2H3. The minimum Gasteiger partial charge on any atom is -0.361 e. The number of para-hydroxylation sites is 1. The van der Waals surface area contributed by atoms with E-state index in [1.807, 2.05) is 38.1 Å². The van der Waals surface area contributed by atoms with Crippen molar-refractivity contribution in [2.75, 3.05) is 5.32 Å². The van der Waals surface area contributed by atoms with Gasteiger partial charge in [-0.15, -0.1) is 0 Å². The molecule has 0 saturated heterocycles. The minimum absolute atomic E-state index is 0.213. The maximum Gasteiger partial charge on any atom is 0.300 e. The van der Waals surface area contributed by atoms with Gasteiger partial charge >= 0.3 is 0 Å². The van der Waals surface area contributed by atoms with Gasteiger partial charge in [0, 0.05) is 16.8 Å². The molecule has 0 saturated carbocycles. The molecule has 2 heterocycles. The van der Waals surface area contributed by atoms with Gasteiger partial charge in [0.05, 0.1) is 0 Å². The van der Waals surface area contributed by atoms with Crippen LogP contribution < -0.4 is 10.9 Å². The molecule has 2 aromatic carbocycles. The fourth-order valence-corrected chi connectivity index (χ4v) is 3.06. The molecule has 0 spiro atoms. The molecule has 1 aromatic heterocycles.